The lowest BCUT2D eigenvalue weighted by Crippen LogP contribution is -2.25. The molecule has 6 nitrogen and oxygen atoms in total. The van der Waals surface area contributed by atoms with Crippen molar-refractivity contribution >= 4 is 11.7 Å². The Morgan fingerprint density at radius 3 is 3.00 bits per heavy atom. The number of carbonyl (C=O) groups is 1. The smallest absolute Gasteiger partial charge is 0.226 e. The summed E-state index contributed by atoms with van der Waals surface area (Å²) in [5, 5.41) is 7.18. The van der Waals surface area contributed by atoms with Crippen molar-refractivity contribution in [1.82, 2.24) is 9.78 Å². The number of benzene rings is 1. The van der Waals surface area contributed by atoms with Gasteiger partial charge in [-0.05, 0) is 23.8 Å². The Morgan fingerprint density at radius 2 is 2.28 bits per heavy atom. The van der Waals surface area contributed by atoms with Crippen molar-refractivity contribution in [2.75, 3.05) is 12.4 Å². The topological polar surface area (TPSA) is 69.3 Å². The van der Waals surface area contributed by atoms with Crippen LogP contribution in [0.5, 0.6) is 5.75 Å². The van der Waals surface area contributed by atoms with Gasteiger partial charge in [0.05, 0.1) is 19.6 Å². The van der Waals surface area contributed by atoms with Gasteiger partial charge in [-0.25, -0.2) is 9.07 Å². The number of fused-ring (bicyclic) bond motifs is 1. The number of hydrogen-bond acceptors (Lipinski definition) is 4. The Balaban J connectivity index is 1.73. The molecule has 1 atom stereocenters. The van der Waals surface area contributed by atoms with Crippen LogP contribution < -0.4 is 10.1 Å². The minimum absolute atomic E-state index is 0.169. The summed E-state index contributed by atoms with van der Waals surface area (Å²) >= 11 is 0. The lowest BCUT2D eigenvalue weighted by atomic mass is 9.87. The lowest BCUT2D eigenvalue weighted by Gasteiger charge is -2.24. The van der Waals surface area contributed by atoms with Crippen LogP contribution in [0, 0.1) is 5.82 Å². The minimum Gasteiger partial charge on any atom is -0.497 e. The molecule has 0 bridgehead atoms. The first-order valence-corrected chi connectivity index (χ1v) is 7.87. The number of methoxy groups -OCH3 is 1. The first-order chi connectivity index (χ1) is 12.2. The van der Waals surface area contributed by atoms with Crippen LogP contribution in [0.25, 0.3) is 0 Å². The monoisotopic (exact) mass is 341 g/mol. The van der Waals surface area contributed by atoms with Crippen LogP contribution in [0.15, 0.2) is 47.2 Å². The van der Waals surface area contributed by atoms with E-state index in [4.69, 9.17) is 9.15 Å². The first-order valence-electron chi connectivity index (χ1n) is 7.87. The molecule has 128 valence electrons. The maximum absolute atomic E-state index is 14.5. The van der Waals surface area contributed by atoms with Gasteiger partial charge in [-0.2, -0.15) is 5.10 Å². The van der Waals surface area contributed by atoms with Crippen molar-refractivity contribution in [3.05, 3.63) is 65.5 Å². The van der Waals surface area contributed by atoms with E-state index >= 15 is 0 Å². The number of nitrogens with one attached hydrogen (secondary N) is 1. The molecule has 4 rings (SSSR count). The zero-order chi connectivity index (χ0) is 17.4. The second-order valence-corrected chi connectivity index (χ2v) is 5.88. The summed E-state index contributed by atoms with van der Waals surface area (Å²) in [6.07, 6.45) is 3.42. The van der Waals surface area contributed by atoms with Crippen molar-refractivity contribution in [1.29, 1.82) is 0 Å². The normalized spacial score (nSPS) is 16.4. The number of aromatic nitrogens is 2. The molecule has 7 heteroatoms. The second-order valence-electron chi connectivity index (χ2n) is 5.88. The van der Waals surface area contributed by atoms with Crippen molar-refractivity contribution in [3.8, 4) is 5.75 Å². The molecule has 1 amide bonds. The Kier molecular flexibility index (Phi) is 3.76. The Bertz CT molecular complexity index is 918. The molecule has 2 aromatic heterocycles. The van der Waals surface area contributed by atoms with Gasteiger partial charge < -0.3 is 14.5 Å². The van der Waals surface area contributed by atoms with Crippen LogP contribution in [0.2, 0.25) is 0 Å². The number of anilines is 1. The molecule has 0 fully saturated rings. The summed E-state index contributed by atoms with van der Waals surface area (Å²) in [5.74, 6) is 0.777. The second kappa shape index (κ2) is 6.08. The molecule has 0 aliphatic carbocycles. The van der Waals surface area contributed by atoms with Crippen molar-refractivity contribution < 1.29 is 18.3 Å². The first kappa shape index (κ1) is 15.4. The Hall–Kier alpha value is -3.09. The van der Waals surface area contributed by atoms with Crippen molar-refractivity contribution in [2.45, 2.75) is 18.9 Å². The van der Waals surface area contributed by atoms with Gasteiger partial charge in [0, 0.05) is 24.0 Å². The van der Waals surface area contributed by atoms with Crippen molar-refractivity contribution in [3.63, 3.8) is 0 Å². The summed E-state index contributed by atoms with van der Waals surface area (Å²) in [6, 6.07) is 8.30. The van der Waals surface area contributed by atoms with Gasteiger partial charge in [0.2, 0.25) is 5.91 Å². The molecule has 1 aliphatic heterocycles. The van der Waals surface area contributed by atoms with Gasteiger partial charge in [0.15, 0.2) is 0 Å². The van der Waals surface area contributed by atoms with Gasteiger partial charge in [-0.1, -0.05) is 6.07 Å². The predicted molar refractivity (Wildman–Crippen MR) is 88.1 cm³/mol. The van der Waals surface area contributed by atoms with E-state index in [1.54, 1.807) is 35.3 Å². The Labute approximate surface area is 143 Å². The van der Waals surface area contributed by atoms with E-state index in [1.807, 2.05) is 6.07 Å². The van der Waals surface area contributed by atoms with Gasteiger partial charge in [-0.15, -0.1) is 0 Å². The summed E-state index contributed by atoms with van der Waals surface area (Å²) in [6.45, 7) is 0.389. The quantitative estimate of drug-likeness (QED) is 0.791. The van der Waals surface area contributed by atoms with E-state index in [-0.39, 0.29) is 18.2 Å². The Morgan fingerprint density at radius 1 is 1.40 bits per heavy atom. The summed E-state index contributed by atoms with van der Waals surface area (Å²) in [4.78, 5) is 12.2. The summed E-state index contributed by atoms with van der Waals surface area (Å²) in [5.41, 5.74) is 1.24. The molecule has 1 aliphatic rings. The van der Waals surface area contributed by atoms with Crippen LogP contribution in [0.3, 0.4) is 0 Å². The number of rotatable bonds is 4. The summed E-state index contributed by atoms with van der Waals surface area (Å²) in [7, 11) is 1.49. The molecule has 0 spiro atoms. The van der Waals surface area contributed by atoms with Crippen LogP contribution in [0.1, 0.15) is 29.2 Å². The van der Waals surface area contributed by atoms with Crippen LogP contribution in [-0.2, 0) is 11.3 Å². The van der Waals surface area contributed by atoms with Gasteiger partial charge in [-0.3, -0.25) is 4.79 Å². The SMILES string of the molecule is COc1ccc(C2CC(=O)Nc3c2cnn3Cc2ccco2)c(F)c1. The lowest BCUT2D eigenvalue weighted by molar-refractivity contribution is -0.116. The fraction of sp³-hybridized carbons (Fsp3) is 0.222. The average Bonchev–Trinajstić information content (AvgIpc) is 3.25. The molecule has 1 unspecified atom stereocenters. The largest absolute Gasteiger partial charge is 0.497 e. The van der Waals surface area contributed by atoms with E-state index in [0.717, 1.165) is 11.3 Å². The highest BCUT2D eigenvalue weighted by Crippen LogP contribution is 2.38. The highest BCUT2D eigenvalue weighted by molar-refractivity contribution is 5.94. The molecule has 1 aromatic carbocycles. The number of hydrogen-bond donors (Lipinski definition) is 1. The van der Waals surface area contributed by atoms with Crippen molar-refractivity contribution in [2.24, 2.45) is 0 Å². The predicted octanol–water partition coefficient (Wildman–Crippen LogP) is 3.15. The fourth-order valence-corrected chi connectivity index (χ4v) is 3.13. The average molecular weight is 341 g/mol. The van der Waals surface area contributed by atoms with E-state index in [1.165, 1.54) is 13.2 Å². The van der Waals surface area contributed by atoms with E-state index in [9.17, 15) is 9.18 Å². The highest BCUT2D eigenvalue weighted by atomic mass is 19.1. The van der Waals surface area contributed by atoms with Crippen LogP contribution in [0.4, 0.5) is 10.2 Å². The number of halogens is 1. The van der Waals surface area contributed by atoms with E-state index < -0.39 is 5.82 Å². The van der Waals surface area contributed by atoms with Crippen LogP contribution >= 0.6 is 0 Å². The molecule has 25 heavy (non-hydrogen) atoms. The third-order valence-corrected chi connectivity index (χ3v) is 4.36. The zero-order valence-electron chi connectivity index (χ0n) is 13.5. The molecule has 3 aromatic rings. The third kappa shape index (κ3) is 2.77. The molecule has 1 N–H and O–H groups in total. The molecule has 0 radical (unpaired) electrons. The molecular weight excluding hydrogens is 325 g/mol. The maximum Gasteiger partial charge on any atom is 0.226 e. The molecule has 0 saturated heterocycles. The van der Waals surface area contributed by atoms with E-state index in [0.29, 0.717) is 23.7 Å². The standard InChI is InChI=1S/C18H16FN3O3/c1-24-11-4-5-13(16(19)7-11)14-8-17(23)21-18-15(14)9-20-22(18)10-12-3-2-6-25-12/h2-7,9,14H,8,10H2,1H3,(H,21,23). The maximum atomic E-state index is 14.5. The minimum atomic E-state index is -0.399. The molecule has 0 saturated carbocycles. The van der Waals surface area contributed by atoms with Crippen LogP contribution in [-0.4, -0.2) is 22.8 Å². The number of furan rings is 1. The van der Waals surface area contributed by atoms with E-state index in [2.05, 4.69) is 10.4 Å². The zero-order valence-corrected chi connectivity index (χ0v) is 13.5. The molecule has 3 heterocycles. The highest BCUT2D eigenvalue weighted by Gasteiger charge is 2.31. The number of ether oxygens (including phenoxy) is 1. The number of nitrogens with zero attached hydrogens (tertiary/aromatic N) is 2. The molecular formula is C18H16FN3O3. The fourth-order valence-electron chi connectivity index (χ4n) is 3.13. The summed E-state index contributed by atoms with van der Waals surface area (Å²) < 4.78 is 26.5. The van der Waals surface area contributed by atoms with Gasteiger partial charge >= 0.3 is 0 Å². The third-order valence-electron chi connectivity index (χ3n) is 4.36. The van der Waals surface area contributed by atoms with Gasteiger partial charge in [0.1, 0.15) is 29.7 Å². The number of amides is 1. The van der Waals surface area contributed by atoms with Gasteiger partial charge in [0.25, 0.3) is 0 Å². The number of carbonyl (C=O) groups excluding carboxylic acids is 1.